The Kier molecular flexibility index (Phi) is 6.39. The molecule has 2 saturated heterocycles. The number of nitrogens with zero attached hydrogens (tertiary/aromatic N) is 2. The Balaban J connectivity index is 1.35. The van der Waals surface area contributed by atoms with Gasteiger partial charge in [-0.05, 0) is 37.0 Å². The normalized spacial score (nSPS) is 22.2. The van der Waals surface area contributed by atoms with Gasteiger partial charge in [-0.25, -0.2) is 4.39 Å². The van der Waals surface area contributed by atoms with E-state index in [0.717, 1.165) is 44.9 Å². The van der Waals surface area contributed by atoms with Crippen molar-refractivity contribution in [3.05, 3.63) is 35.1 Å². The minimum Gasteiger partial charge on any atom is -0.377 e. The molecule has 1 amide bonds. The van der Waals surface area contributed by atoms with Crippen molar-refractivity contribution in [3.63, 3.8) is 0 Å². The first-order chi connectivity index (χ1) is 12.1. The molecular formula is C19H28FN3O2. The predicted octanol–water partition coefficient (Wildman–Crippen LogP) is 1.55. The Hall–Kier alpha value is -1.50. The van der Waals surface area contributed by atoms with Crippen LogP contribution in [0.2, 0.25) is 0 Å². The highest BCUT2D eigenvalue weighted by atomic mass is 19.1. The molecule has 2 fully saturated rings. The van der Waals surface area contributed by atoms with Gasteiger partial charge in [-0.3, -0.25) is 14.6 Å². The Morgan fingerprint density at radius 3 is 2.72 bits per heavy atom. The van der Waals surface area contributed by atoms with Crippen LogP contribution in [0.1, 0.15) is 24.0 Å². The lowest BCUT2D eigenvalue weighted by Crippen LogP contribution is -2.50. The van der Waals surface area contributed by atoms with Crippen LogP contribution in [0, 0.1) is 12.7 Å². The standard InChI is InChI=1S/C19H28FN3O2/c1-15-4-5-16(11-18(15)20)12-21-19(24)14-23-8-6-22(7-9-23)13-17-3-2-10-25-17/h4-5,11,17H,2-3,6-10,12-14H2,1H3,(H,21,24). The van der Waals surface area contributed by atoms with Crippen molar-refractivity contribution >= 4 is 5.91 Å². The fourth-order valence-corrected chi connectivity index (χ4v) is 3.41. The van der Waals surface area contributed by atoms with E-state index >= 15 is 0 Å². The van der Waals surface area contributed by atoms with Crippen LogP contribution in [-0.4, -0.2) is 67.7 Å². The number of nitrogens with one attached hydrogen (secondary N) is 1. The van der Waals surface area contributed by atoms with Crippen LogP contribution in [0.3, 0.4) is 0 Å². The molecule has 0 aromatic heterocycles. The van der Waals surface area contributed by atoms with Gasteiger partial charge in [0.25, 0.3) is 0 Å². The predicted molar refractivity (Wildman–Crippen MR) is 94.8 cm³/mol. The maximum absolute atomic E-state index is 13.5. The molecule has 3 rings (SSSR count). The number of aryl methyl sites for hydroxylation is 1. The number of rotatable bonds is 6. The van der Waals surface area contributed by atoms with Crippen LogP contribution < -0.4 is 5.32 Å². The number of carbonyl (C=O) groups excluding carboxylic acids is 1. The lowest BCUT2D eigenvalue weighted by molar-refractivity contribution is -0.122. The van der Waals surface area contributed by atoms with E-state index in [0.29, 0.717) is 24.8 Å². The fourth-order valence-electron chi connectivity index (χ4n) is 3.41. The summed E-state index contributed by atoms with van der Waals surface area (Å²) < 4.78 is 19.2. The van der Waals surface area contributed by atoms with Gasteiger partial charge in [0.05, 0.1) is 12.6 Å². The molecule has 25 heavy (non-hydrogen) atoms. The first-order valence-electron chi connectivity index (χ1n) is 9.18. The van der Waals surface area contributed by atoms with Crippen LogP contribution in [0.25, 0.3) is 0 Å². The summed E-state index contributed by atoms with van der Waals surface area (Å²) in [6, 6.07) is 5.08. The van der Waals surface area contributed by atoms with Gasteiger partial charge in [0.1, 0.15) is 5.82 Å². The molecule has 0 bridgehead atoms. The Bertz CT molecular complexity index is 582. The Morgan fingerprint density at radius 2 is 2.04 bits per heavy atom. The van der Waals surface area contributed by atoms with Crippen LogP contribution in [0.4, 0.5) is 4.39 Å². The van der Waals surface area contributed by atoms with Crippen LogP contribution >= 0.6 is 0 Å². The average molecular weight is 349 g/mol. The van der Waals surface area contributed by atoms with Gasteiger partial charge in [0.2, 0.25) is 5.91 Å². The van der Waals surface area contributed by atoms with E-state index in [-0.39, 0.29) is 11.7 Å². The lowest BCUT2D eigenvalue weighted by Gasteiger charge is -2.35. The molecule has 6 heteroatoms. The monoisotopic (exact) mass is 349 g/mol. The number of halogens is 1. The van der Waals surface area contributed by atoms with Crippen LogP contribution in [0.5, 0.6) is 0 Å². The molecule has 0 spiro atoms. The second-order valence-electron chi connectivity index (χ2n) is 7.07. The van der Waals surface area contributed by atoms with E-state index in [9.17, 15) is 9.18 Å². The van der Waals surface area contributed by atoms with Crippen LogP contribution in [0.15, 0.2) is 18.2 Å². The first kappa shape index (κ1) is 18.3. The van der Waals surface area contributed by atoms with Gasteiger partial charge in [0.15, 0.2) is 0 Å². The van der Waals surface area contributed by atoms with Gasteiger partial charge in [0, 0.05) is 45.9 Å². The zero-order chi connectivity index (χ0) is 17.6. The highest BCUT2D eigenvalue weighted by Crippen LogP contribution is 2.14. The molecule has 0 radical (unpaired) electrons. The molecule has 2 aliphatic rings. The summed E-state index contributed by atoms with van der Waals surface area (Å²) in [4.78, 5) is 16.7. The van der Waals surface area contributed by atoms with Gasteiger partial charge < -0.3 is 10.1 Å². The van der Waals surface area contributed by atoms with E-state index < -0.39 is 0 Å². The zero-order valence-corrected chi connectivity index (χ0v) is 15.0. The third-order valence-electron chi connectivity index (χ3n) is 5.04. The van der Waals surface area contributed by atoms with Crippen molar-refractivity contribution < 1.29 is 13.9 Å². The third-order valence-corrected chi connectivity index (χ3v) is 5.04. The molecule has 0 saturated carbocycles. The zero-order valence-electron chi connectivity index (χ0n) is 15.0. The van der Waals surface area contributed by atoms with Crippen molar-refractivity contribution in [1.82, 2.24) is 15.1 Å². The van der Waals surface area contributed by atoms with E-state index in [1.54, 1.807) is 13.0 Å². The molecule has 1 aromatic rings. The Labute approximate surface area is 149 Å². The largest absolute Gasteiger partial charge is 0.377 e. The molecule has 138 valence electrons. The second kappa shape index (κ2) is 8.74. The van der Waals surface area contributed by atoms with Crippen LogP contribution in [-0.2, 0) is 16.1 Å². The van der Waals surface area contributed by atoms with E-state index in [1.165, 1.54) is 18.9 Å². The summed E-state index contributed by atoms with van der Waals surface area (Å²) in [6.45, 7) is 8.19. The van der Waals surface area contributed by atoms with E-state index in [2.05, 4.69) is 15.1 Å². The number of amides is 1. The molecule has 1 aromatic carbocycles. The topological polar surface area (TPSA) is 44.8 Å². The summed E-state index contributed by atoms with van der Waals surface area (Å²) in [7, 11) is 0. The summed E-state index contributed by atoms with van der Waals surface area (Å²) >= 11 is 0. The quantitative estimate of drug-likeness (QED) is 0.846. The molecule has 5 nitrogen and oxygen atoms in total. The van der Waals surface area contributed by atoms with Crippen molar-refractivity contribution in [1.29, 1.82) is 0 Å². The molecule has 2 heterocycles. The summed E-state index contributed by atoms with van der Waals surface area (Å²) in [5.74, 6) is -0.234. The number of ether oxygens (including phenoxy) is 1. The maximum atomic E-state index is 13.5. The third kappa shape index (κ3) is 5.49. The number of benzene rings is 1. The minimum atomic E-state index is -0.228. The smallest absolute Gasteiger partial charge is 0.234 e. The highest BCUT2D eigenvalue weighted by Gasteiger charge is 2.23. The molecular weight excluding hydrogens is 321 g/mol. The SMILES string of the molecule is Cc1ccc(CNC(=O)CN2CCN(CC3CCCO3)CC2)cc1F. The number of hydrogen-bond donors (Lipinski definition) is 1. The average Bonchev–Trinajstić information content (AvgIpc) is 3.11. The number of carbonyl (C=O) groups is 1. The molecule has 0 aliphatic carbocycles. The fraction of sp³-hybridized carbons (Fsp3) is 0.632. The van der Waals surface area contributed by atoms with Gasteiger partial charge in [-0.1, -0.05) is 12.1 Å². The van der Waals surface area contributed by atoms with Gasteiger partial charge >= 0.3 is 0 Å². The second-order valence-corrected chi connectivity index (χ2v) is 7.07. The first-order valence-corrected chi connectivity index (χ1v) is 9.18. The van der Waals surface area contributed by atoms with Gasteiger partial charge in [-0.2, -0.15) is 0 Å². The summed E-state index contributed by atoms with van der Waals surface area (Å²) in [5.41, 5.74) is 1.41. The summed E-state index contributed by atoms with van der Waals surface area (Å²) in [5, 5.41) is 2.88. The van der Waals surface area contributed by atoms with E-state index in [4.69, 9.17) is 4.74 Å². The van der Waals surface area contributed by atoms with Crippen molar-refractivity contribution in [2.75, 3.05) is 45.9 Å². The van der Waals surface area contributed by atoms with Crippen molar-refractivity contribution in [3.8, 4) is 0 Å². The lowest BCUT2D eigenvalue weighted by atomic mass is 10.1. The molecule has 2 aliphatic heterocycles. The van der Waals surface area contributed by atoms with Crippen molar-refractivity contribution in [2.45, 2.75) is 32.4 Å². The maximum Gasteiger partial charge on any atom is 0.234 e. The summed E-state index contributed by atoms with van der Waals surface area (Å²) in [6.07, 6.45) is 2.74. The van der Waals surface area contributed by atoms with E-state index in [1.807, 2.05) is 6.07 Å². The molecule has 1 unspecified atom stereocenters. The molecule has 1 N–H and O–H groups in total. The number of hydrogen-bond acceptors (Lipinski definition) is 4. The Morgan fingerprint density at radius 1 is 1.28 bits per heavy atom. The van der Waals surface area contributed by atoms with Crippen molar-refractivity contribution in [2.24, 2.45) is 0 Å². The number of piperazine rings is 1. The minimum absolute atomic E-state index is 0.00596. The molecule has 1 atom stereocenters. The highest BCUT2D eigenvalue weighted by molar-refractivity contribution is 5.78. The van der Waals surface area contributed by atoms with Gasteiger partial charge in [-0.15, -0.1) is 0 Å².